The summed E-state index contributed by atoms with van der Waals surface area (Å²) < 4.78 is 16.0. The molecule has 1 aliphatic rings. The Morgan fingerprint density at radius 2 is 2.10 bits per heavy atom. The smallest absolute Gasteiger partial charge is 0.321 e. The number of nitrogens with zero attached hydrogens (tertiary/aromatic N) is 4. The molecule has 1 atom stereocenters. The van der Waals surface area contributed by atoms with E-state index >= 15 is 0 Å². The van der Waals surface area contributed by atoms with Crippen LogP contribution in [-0.4, -0.2) is 38.6 Å². The van der Waals surface area contributed by atoms with Crippen molar-refractivity contribution in [2.45, 2.75) is 26.3 Å². The van der Waals surface area contributed by atoms with Gasteiger partial charge < -0.3 is 14.8 Å². The van der Waals surface area contributed by atoms with Crippen LogP contribution in [0.2, 0.25) is 0 Å². The van der Waals surface area contributed by atoms with Crippen molar-refractivity contribution in [1.29, 1.82) is 0 Å². The molecule has 3 aromatic rings. The van der Waals surface area contributed by atoms with Gasteiger partial charge in [-0.15, -0.1) is 0 Å². The quantitative estimate of drug-likeness (QED) is 0.717. The second kappa shape index (κ2) is 8.43. The number of pyridine rings is 1. The van der Waals surface area contributed by atoms with Crippen molar-refractivity contribution < 1.29 is 9.18 Å². The van der Waals surface area contributed by atoms with Crippen molar-refractivity contribution in [3.8, 4) is 11.4 Å². The van der Waals surface area contributed by atoms with Crippen LogP contribution in [-0.2, 0) is 6.54 Å². The molecule has 1 aliphatic heterocycles. The standard InChI is InChI=1S/C22H24FN5O/c1-16-12-25-21(18-7-4-10-24-13-18)28(16)15-17-6-5-11-27(14-17)22(29)26-20-9-3-2-8-19(20)23/h2-4,7-10,12-13,17H,5-6,11,14-15H2,1H3,(H,26,29). The molecule has 150 valence electrons. The van der Waals surface area contributed by atoms with E-state index in [1.807, 2.05) is 31.5 Å². The van der Waals surface area contributed by atoms with E-state index < -0.39 is 5.82 Å². The minimum Gasteiger partial charge on any atom is -0.328 e. The number of carbonyl (C=O) groups is 1. The van der Waals surface area contributed by atoms with Gasteiger partial charge in [-0.2, -0.15) is 0 Å². The van der Waals surface area contributed by atoms with Crippen LogP contribution in [0, 0.1) is 18.7 Å². The number of aromatic nitrogens is 3. The van der Waals surface area contributed by atoms with E-state index in [0.29, 0.717) is 19.0 Å². The van der Waals surface area contributed by atoms with Crippen LogP contribution >= 0.6 is 0 Å². The number of aryl methyl sites for hydroxylation is 1. The molecule has 1 N–H and O–H groups in total. The van der Waals surface area contributed by atoms with Crippen molar-refractivity contribution in [2.24, 2.45) is 5.92 Å². The van der Waals surface area contributed by atoms with Gasteiger partial charge in [0.1, 0.15) is 11.6 Å². The van der Waals surface area contributed by atoms with Gasteiger partial charge in [-0.1, -0.05) is 12.1 Å². The summed E-state index contributed by atoms with van der Waals surface area (Å²) in [6.45, 7) is 4.12. The fourth-order valence-corrected chi connectivity index (χ4v) is 3.83. The largest absolute Gasteiger partial charge is 0.328 e. The summed E-state index contributed by atoms with van der Waals surface area (Å²) in [6, 6.07) is 9.88. The average Bonchev–Trinajstić information content (AvgIpc) is 3.11. The van der Waals surface area contributed by atoms with E-state index in [0.717, 1.165) is 36.5 Å². The van der Waals surface area contributed by atoms with Crippen LogP contribution in [0.5, 0.6) is 0 Å². The van der Waals surface area contributed by atoms with Crippen LogP contribution in [0.25, 0.3) is 11.4 Å². The Morgan fingerprint density at radius 3 is 2.90 bits per heavy atom. The normalized spacial score (nSPS) is 16.6. The number of carbonyl (C=O) groups excluding carboxylic acids is 1. The zero-order chi connectivity index (χ0) is 20.2. The lowest BCUT2D eigenvalue weighted by Crippen LogP contribution is -2.43. The summed E-state index contributed by atoms with van der Waals surface area (Å²) >= 11 is 0. The first-order valence-corrected chi connectivity index (χ1v) is 9.85. The molecular formula is C22H24FN5O. The lowest BCUT2D eigenvalue weighted by atomic mass is 9.98. The molecule has 29 heavy (non-hydrogen) atoms. The molecule has 3 heterocycles. The minimum absolute atomic E-state index is 0.212. The number of benzene rings is 1. The van der Waals surface area contributed by atoms with E-state index in [2.05, 4.69) is 19.9 Å². The van der Waals surface area contributed by atoms with Gasteiger partial charge >= 0.3 is 6.03 Å². The highest BCUT2D eigenvalue weighted by molar-refractivity contribution is 5.89. The van der Waals surface area contributed by atoms with Crippen molar-refractivity contribution in [2.75, 3.05) is 18.4 Å². The van der Waals surface area contributed by atoms with Gasteiger partial charge in [-0.3, -0.25) is 4.98 Å². The van der Waals surface area contributed by atoms with E-state index in [1.54, 1.807) is 29.3 Å². The third-order valence-corrected chi connectivity index (χ3v) is 5.34. The molecule has 4 rings (SSSR count). The van der Waals surface area contributed by atoms with Crippen LogP contribution in [0.4, 0.5) is 14.9 Å². The van der Waals surface area contributed by atoms with Gasteiger partial charge in [0.15, 0.2) is 0 Å². The summed E-state index contributed by atoms with van der Waals surface area (Å²) in [5.74, 6) is 0.770. The number of halogens is 1. The third-order valence-electron chi connectivity index (χ3n) is 5.34. The number of nitrogens with one attached hydrogen (secondary N) is 1. The molecule has 7 heteroatoms. The second-order valence-corrected chi connectivity index (χ2v) is 7.44. The number of amides is 2. The van der Waals surface area contributed by atoms with Gasteiger partial charge in [-0.05, 0) is 49.9 Å². The van der Waals surface area contributed by atoms with Gasteiger partial charge in [0.2, 0.25) is 0 Å². The zero-order valence-electron chi connectivity index (χ0n) is 16.4. The maximum atomic E-state index is 13.8. The third kappa shape index (κ3) is 4.29. The predicted octanol–water partition coefficient (Wildman–Crippen LogP) is 4.34. The monoisotopic (exact) mass is 393 g/mol. The average molecular weight is 393 g/mol. The van der Waals surface area contributed by atoms with Crippen molar-refractivity contribution in [1.82, 2.24) is 19.4 Å². The Morgan fingerprint density at radius 1 is 1.24 bits per heavy atom. The first-order chi connectivity index (χ1) is 14.1. The molecule has 6 nitrogen and oxygen atoms in total. The van der Waals surface area contributed by atoms with Crippen LogP contribution < -0.4 is 5.32 Å². The highest BCUT2D eigenvalue weighted by atomic mass is 19.1. The molecule has 0 spiro atoms. The molecule has 1 fully saturated rings. The number of rotatable bonds is 4. The number of piperidine rings is 1. The molecule has 2 aromatic heterocycles. The Kier molecular flexibility index (Phi) is 5.55. The summed E-state index contributed by atoms with van der Waals surface area (Å²) in [4.78, 5) is 23.2. The van der Waals surface area contributed by atoms with Crippen molar-refractivity contribution in [3.05, 3.63) is 66.5 Å². The Labute approximate surface area is 169 Å². The van der Waals surface area contributed by atoms with Gasteiger partial charge in [-0.25, -0.2) is 14.2 Å². The number of imidazole rings is 1. The topological polar surface area (TPSA) is 63.1 Å². The first kappa shape index (κ1) is 19.1. The number of para-hydroxylation sites is 1. The van der Waals surface area contributed by atoms with Crippen molar-refractivity contribution >= 4 is 11.7 Å². The number of anilines is 1. The number of urea groups is 1. The van der Waals surface area contributed by atoms with Crippen molar-refractivity contribution in [3.63, 3.8) is 0 Å². The fraction of sp³-hybridized carbons (Fsp3) is 0.318. The second-order valence-electron chi connectivity index (χ2n) is 7.44. The van der Waals surface area contributed by atoms with E-state index in [1.165, 1.54) is 6.07 Å². The predicted molar refractivity (Wildman–Crippen MR) is 110 cm³/mol. The number of likely N-dealkylation sites (tertiary alicyclic amines) is 1. The molecule has 0 aliphatic carbocycles. The summed E-state index contributed by atoms with van der Waals surface area (Å²) in [5.41, 5.74) is 2.27. The zero-order valence-corrected chi connectivity index (χ0v) is 16.4. The van der Waals surface area contributed by atoms with E-state index in [4.69, 9.17) is 0 Å². The summed E-state index contributed by atoms with van der Waals surface area (Å²) in [5, 5.41) is 2.69. The molecule has 0 radical (unpaired) electrons. The van der Waals surface area contributed by atoms with Crippen LogP contribution in [0.15, 0.2) is 55.0 Å². The fourth-order valence-electron chi connectivity index (χ4n) is 3.83. The van der Waals surface area contributed by atoms with E-state index in [9.17, 15) is 9.18 Å². The molecule has 0 saturated carbocycles. The molecule has 1 saturated heterocycles. The maximum Gasteiger partial charge on any atom is 0.321 e. The molecular weight excluding hydrogens is 369 g/mol. The van der Waals surface area contributed by atoms with E-state index in [-0.39, 0.29) is 11.7 Å². The molecule has 0 bridgehead atoms. The summed E-state index contributed by atoms with van der Waals surface area (Å²) in [7, 11) is 0. The summed E-state index contributed by atoms with van der Waals surface area (Å²) in [6.07, 6.45) is 7.39. The number of hydrogen-bond donors (Lipinski definition) is 1. The maximum absolute atomic E-state index is 13.8. The minimum atomic E-state index is -0.426. The van der Waals surface area contributed by atoms with Crippen LogP contribution in [0.3, 0.4) is 0 Å². The molecule has 1 aromatic carbocycles. The lowest BCUT2D eigenvalue weighted by molar-refractivity contribution is 0.170. The first-order valence-electron chi connectivity index (χ1n) is 9.85. The van der Waals surface area contributed by atoms with Gasteiger partial charge in [0, 0.05) is 49.5 Å². The number of hydrogen-bond acceptors (Lipinski definition) is 3. The highest BCUT2D eigenvalue weighted by Crippen LogP contribution is 2.25. The Hall–Kier alpha value is -3.22. The van der Waals surface area contributed by atoms with Gasteiger partial charge in [0.05, 0.1) is 5.69 Å². The molecule has 1 unspecified atom stereocenters. The van der Waals surface area contributed by atoms with Crippen LogP contribution in [0.1, 0.15) is 18.5 Å². The van der Waals surface area contributed by atoms with Gasteiger partial charge in [0.25, 0.3) is 0 Å². The lowest BCUT2D eigenvalue weighted by Gasteiger charge is -2.33. The Bertz CT molecular complexity index is 988. The molecule has 2 amide bonds. The SMILES string of the molecule is Cc1cnc(-c2cccnc2)n1CC1CCCN(C(=O)Nc2ccccc2F)C1. The highest BCUT2D eigenvalue weighted by Gasteiger charge is 2.25. The Balaban J connectivity index is 1.45.